The van der Waals surface area contributed by atoms with Crippen LogP contribution in [0.4, 0.5) is 5.69 Å². The molecule has 1 saturated carbocycles. The number of hydrogen-bond acceptors (Lipinski definition) is 3. The molecule has 0 atom stereocenters. The summed E-state index contributed by atoms with van der Waals surface area (Å²) in [6.45, 7) is 5.64. The minimum Gasteiger partial charge on any atom is -0.399 e. The number of benzene rings is 1. The number of anilines is 1. The molecule has 0 aliphatic heterocycles. The Kier molecular flexibility index (Phi) is 3.15. The molecule has 4 nitrogen and oxygen atoms in total. The summed E-state index contributed by atoms with van der Waals surface area (Å²) >= 11 is 0. The Morgan fingerprint density at radius 3 is 2.50 bits per heavy atom. The molecule has 2 rings (SSSR count). The molecule has 18 heavy (non-hydrogen) atoms. The fourth-order valence-electron chi connectivity index (χ4n) is 2.20. The number of nitrogens with one attached hydrogen (secondary N) is 1. The van der Waals surface area contributed by atoms with E-state index in [1.54, 1.807) is 19.1 Å². The molecule has 3 N–H and O–H groups in total. The molecule has 0 amide bonds. The molecule has 0 radical (unpaired) electrons. The average Bonchev–Trinajstić information content (AvgIpc) is 3.03. The molecule has 1 aromatic carbocycles. The van der Waals surface area contributed by atoms with Gasteiger partial charge in [0.25, 0.3) is 0 Å². The van der Waals surface area contributed by atoms with E-state index in [2.05, 4.69) is 4.72 Å². The second-order valence-corrected chi connectivity index (χ2v) is 7.28. The van der Waals surface area contributed by atoms with E-state index < -0.39 is 15.6 Å². The summed E-state index contributed by atoms with van der Waals surface area (Å²) in [6.07, 6.45) is 2.18. The first-order valence-electron chi connectivity index (χ1n) is 6.12. The maximum Gasteiger partial charge on any atom is 0.241 e. The molecule has 1 fully saturated rings. The molecule has 1 aromatic rings. The highest BCUT2D eigenvalue weighted by molar-refractivity contribution is 7.89. The number of aryl methyl sites for hydroxylation is 1. The van der Waals surface area contributed by atoms with Gasteiger partial charge in [0, 0.05) is 11.2 Å². The lowest BCUT2D eigenvalue weighted by Gasteiger charge is -2.26. The number of sulfonamides is 1. The van der Waals surface area contributed by atoms with Crippen LogP contribution >= 0.6 is 0 Å². The molecule has 0 heterocycles. The van der Waals surface area contributed by atoms with E-state index in [0.717, 1.165) is 12.8 Å². The lowest BCUT2D eigenvalue weighted by atomic mass is 10.0. The Balaban J connectivity index is 2.33. The summed E-state index contributed by atoms with van der Waals surface area (Å²) < 4.78 is 27.6. The minimum atomic E-state index is -3.51. The largest absolute Gasteiger partial charge is 0.399 e. The molecule has 0 bridgehead atoms. The molecule has 100 valence electrons. The van der Waals surface area contributed by atoms with Gasteiger partial charge in [0.15, 0.2) is 0 Å². The van der Waals surface area contributed by atoms with Gasteiger partial charge in [-0.2, -0.15) is 0 Å². The predicted octanol–water partition coefficient (Wildman–Crippen LogP) is 2.04. The highest BCUT2D eigenvalue weighted by Gasteiger charge is 2.40. The van der Waals surface area contributed by atoms with E-state index in [4.69, 9.17) is 5.73 Å². The van der Waals surface area contributed by atoms with E-state index in [1.165, 1.54) is 6.07 Å². The van der Waals surface area contributed by atoms with Crippen molar-refractivity contribution >= 4 is 15.7 Å². The van der Waals surface area contributed by atoms with E-state index in [1.807, 2.05) is 13.8 Å². The highest BCUT2D eigenvalue weighted by atomic mass is 32.2. The topological polar surface area (TPSA) is 72.2 Å². The summed E-state index contributed by atoms with van der Waals surface area (Å²) in [4.78, 5) is 0.274. The molecular weight excluding hydrogens is 248 g/mol. The summed E-state index contributed by atoms with van der Waals surface area (Å²) in [6, 6.07) is 4.95. The summed E-state index contributed by atoms with van der Waals surface area (Å²) in [5.74, 6) is 0.439. The first kappa shape index (κ1) is 13.4. The van der Waals surface area contributed by atoms with Crippen molar-refractivity contribution in [2.75, 3.05) is 5.73 Å². The van der Waals surface area contributed by atoms with Gasteiger partial charge in [0.2, 0.25) is 10.0 Å². The quantitative estimate of drug-likeness (QED) is 0.821. The van der Waals surface area contributed by atoms with Crippen molar-refractivity contribution in [2.24, 2.45) is 5.92 Å². The molecule has 5 heteroatoms. The van der Waals surface area contributed by atoms with Gasteiger partial charge in [-0.1, -0.05) is 6.07 Å². The lowest BCUT2D eigenvalue weighted by molar-refractivity contribution is 0.400. The monoisotopic (exact) mass is 268 g/mol. The van der Waals surface area contributed by atoms with Crippen LogP contribution in [0.25, 0.3) is 0 Å². The number of rotatable bonds is 4. The zero-order chi connectivity index (χ0) is 13.6. The van der Waals surface area contributed by atoms with Crippen LogP contribution in [0.15, 0.2) is 23.1 Å². The van der Waals surface area contributed by atoms with Crippen molar-refractivity contribution in [3.63, 3.8) is 0 Å². The number of nitrogens with two attached hydrogens (primary N) is 1. The first-order chi connectivity index (χ1) is 8.22. The fourth-order valence-corrected chi connectivity index (χ4v) is 3.95. The van der Waals surface area contributed by atoms with E-state index >= 15 is 0 Å². The molecule has 1 aliphatic carbocycles. The van der Waals surface area contributed by atoms with Crippen molar-refractivity contribution < 1.29 is 8.42 Å². The van der Waals surface area contributed by atoms with Gasteiger partial charge in [0.05, 0.1) is 4.90 Å². The van der Waals surface area contributed by atoms with Crippen molar-refractivity contribution in [3.8, 4) is 0 Å². The first-order valence-corrected chi connectivity index (χ1v) is 7.61. The van der Waals surface area contributed by atoms with Crippen LogP contribution in [0, 0.1) is 12.8 Å². The minimum absolute atomic E-state index is 0.274. The molecule has 0 saturated heterocycles. The molecular formula is C13H20N2O2S. The van der Waals surface area contributed by atoms with Crippen molar-refractivity contribution in [1.29, 1.82) is 0 Å². The Labute approximate surface area is 109 Å². The van der Waals surface area contributed by atoms with Gasteiger partial charge < -0.3 is 5.73 Å². The van der Waals surface area contributed by atoms with Crippen LogP contribution < -0.4 is 10.5 Å². The lowest BCUT2D eigenvalue weighted by Crippen LogP contribution is -2.45. The Morgan fingerprint density at radius 1 is 1.33 bits per heavy atom. The predicted molar refractivity (Wildman–Crippen MR) is 72.7 cm³/mol. The van der Waals surface area contributed by atoms with Gasteiger partial charge in [-0.15, -0.1) is 0 Å². The van der Waals surface area contributed by atoms with Crippen LogP contribution in [-0.4, -0.2) is 14.0 Å². The maximum absolute atomic E-state index is 12.4. The zero-order valence-electron chi connectivity index (χ0n) is 11.0. The average molecular weight is 268 g/mol. The van der Waals surface area contributed by atoms with E-state index in [9.17, 15) is 8.42 Å². The van der Waals surface area contributed by atoms with Gasteiger partial charge >= 0.3 is 0 Å². The molecule has 0 aromatic heterocycles. The summed E-state index contributed by atoms with van der Waals surface area (Å²) in [7, 11) is -3.51. The molecule has 0 unspecified atom stereocenters. The number of nitrogen functional groups attached to an aromatic ring is 1. The van der Waals surface area contributed by atoms with Gasteiger partial charge in [-0.3, -0.25) is 0 Å². The van der Waals surface area contributed by atoms with Crippen LogP contribution in [0.2, 0.25) is 0 Å². The van der Waals surface area contributed by atoms with E-state index in [0.29, 0.717) is 17.2 Å². The van der Waals surface area contributed by atoms with Crippen LogP contribution in [0.1, 0.15) is 32.3 Å². The van der Waals surface area contributed by atoms with Gasteiger partial charge in [-0.05, 0) is 57.2 Å². The van der Waals surface area contributed by atoms with Crippen LogP contribution in [0.3, 0.4) is 0 Å². The Bertz CT molecular complexity index is 560. The van der Waals surface area contributed by atoms with Crippen molar-refractivity contribution in [2.45, 2.75) is 44.0 Å². The SMILES string of the molecule is Cc1ccc(N)cc1S(=O)(=O)NC(C)(C)C1CC1. The molecule has 0 spiro atoms. The third-order valence-electron chi connectivity index (χ3n) is 3.50. The van der Waals surface area contributed by atoms with Gasteiger partial charge in [-0.25, -0.2) is 13.1 Å². The van der Waals surface area contributed by atoms with Crippen LogP contribution in [-0.2, 0) is 10.0 Å². The fraction of sp³-hybridized carbons (Fsp3) is 0.538. The van der Waals surface area contributed by atoms with E-state index in [-0.39, 0.29) is 4.90 Å². The molecule has 1 aliphatic rings. The summed E-state index contributed by atoms with van der Waals surface area (Å²) in [5, 5.41) is 0. The van der Waals surface area contributed by atoms with Crippen LogP contribution in [0.5, 0.6) is 0 Å². The zero-order valence-corrected chi connectivity index (χ0v) is 11.8. The van der Waals surface area contributed by atoms with Gasteiger partial charge in [0.1, 0.15) is 0 Å². The normalized spacial score (nSPS) is 16.8. The number of hydrogen-bond donors (Lipinski definition) is 2. The van der Waals surface area contributed by atoms with Crippen molar-refractivity contribution in [3.05, 3.63) is 23.8 Å². The Hall–Kier alpha value is -1.07. The maximum atomic E-state index is 12.4. The standard InChI is InChI=1S/C13H20N2O2S/c1-9-4-7-11(14)8-12(9)18(16,17)15-13(2,3)10-5-6-10/h4,7-8,10,15H,5-6,14H2,1-3H3. The van der Waals surface area contributed by atoms with Crippen molar-refractivity contribution in [1.82, 2.24) is 4.72 Å². The smallest absolute Gasteiger partial charge is 0.241 e. The highest BCUT2D eigenvalue weighted by Crippen LogP contribution is 2.40. The second kappa shape index (κ2) is 4.24. The second-order valence-electron chi connectivity index (χ2n) is 5.63. The third kappa shape index (κ3) is 2.67. The Morgan fingerprint density at radius 2 is 1.94 bits per heavy atom. The summed E-state index contributed by atoms with van der Waals surface area (Å²) in [5.41, 5.74) is 6.45. The third-order valence-corrected chi connectivity index (χ3v) is 5.31.